The molecule has 2 amide bonds. The Morgan fingerprint density at radius 1 is 1.16 bits per heavy atom. The molecule has 1 aromatic rings. The van der Waals surface area contributed by atoms with Gasteiger partial charge in [0.15, 0.2) is 0 Å². The van der Waals surface area contributed by atoms with Gasteiger partial charge in [-0.15, -0.1) is 0 Å². The second-order valence-corrected chi connectivity index (χ2v) is 5.25. The molecule has 1 heterocycles. The van der Waals surface area contributed by atoms with E-state index in [0.717, 1.165) is 0 Å². The summed E-state index contributed by atoms with van der Waals surface area (Å²) in [4.78, 5) is 26.7. The third kappa shape index (κ3) is 2.94. The van der Waals surface area contributed by atoms with E-state index < -0.39 is 5.82 Å². The first-order chi connectivity index (χ1) is 9.00. The highest BCUT2D eigenvalue weighted by Gasteiger charge is 2.25. The number of carbonyl (C=O) groups excluding carboxylic acids is 2. The zero-order valence-corrected chi connectivity index (χ0v) is 12.1. The summed E-state index contributed by atoms with van der Waals surface area (Å²) in [7, 11) is 0. The monoisotopic (exact) mass is 328 g/mol. The van der Waals surface area contributed by atoms with E-state index in [1.165, 1.54) is 13.0 Å². The van der Waals surface area contributed by atoms with Crippen molar-refractivity contribution < 1.29 is 14.0 Å². The van der Waals surface area contributed by atoms with Gasteiger partial charge in [-0.2, -0.15) is 0 Å². The minimum absolute atomic E-state index is 0.000681. The predicted molar refractivity (Wildman–Crippen MR) is 72.3 cm³/mol. The summed E-state index contributed by atoms with van der Waals surface area (Å²) < 4.78 is 14.1. The van der Waals surface area contributed by atoms with Gasteiger partial charge in [-0.1, -0.05) is 6.07 Å². The molecule has 1 saturated heterocycles. The van der Waals surface area contributed by atoms with Gasteiger partial charge in [0.05, 0.1) is 10.0 Å². The number of hydrogen-bond acceptors (Lipinski definition) is 2. The molecule has 0 radical (unpaired) electrons. The normalized spacial score (nSPS) is 15.5. The molecule has 0 atom stereocenters. The van der Waals surface area contributed by atoms with Crippen molar-refractivity contribution in [2.75, 3.05) is 26.2 Å². The minimum atomic E-state index is -0.540. The molecule has 4 nitrogen and oxygen atoms in total. The first-order valence-corrected chi connectivity index (χ1v) is 6.79. The summed E-state index contributed by atoms with van der Waals surface area (Å²) in [6, 6.07) is 4.66. The highest BCUT2D eigenvalue weighted by Crippen LogP contribution is 2.20. The first-order valence-electron chi connectivity index (χ1n) is 5.99. The van der Waals surface area contributed by atoms with Crippen LogP contribution in [-0.2, 0) is 4.79 Å². The SMILES string of the molecule is CC(=O)N1CCN(C(=O)c2cccc(Br)c2F)CC1. The summed E-state index contributed by atoms with van der Waals surface area (Å²) in [6.07, 6.45) is 0. The van der Waals surface area contributed by atoms with Gasteiger partial charge in [-0.25, -0.2) is 4.39 Å². The number of hydrogen-bond donors (Lipinski definition) is 0. The maximum absolute atomic E-state index is 13.9. The van der Waals surface area contributed by atoms with Crippen molar-refractivity contribution in [3.8, 4) is 0 Å². The van der Waals surface area contributed by atoms with Gasteiger partial charge < -0.3 is 9.80 Å². The molecule has 0 saturated carbocycles. The molecule has 6 heteroatoms. The van der Waals surface area contributed by atoms with Crippen LogP contribution in [0.2, 0.25) is 0 Å². The van der Waals surface area contributed by atoms with Crippen LogP contribution in [0.25, 0.3) is 0 Å². The number of piperazine rings is 1. The Labute approximate surface area is 119 Å². The van der Waals surface area contributed by atoms with Crippen molar-refractivity contribution in [2.24, 2.45) is 0 Å². The molecular formula is C13H14BrFN2O2. The average Bonchev–Trinajstić information content (AvgIpc) is 2.41. The Bertz CT molecular complexity index is 513. The molecule has 0 aromatic heterocycles. The van der Waals surface area contributed by atoms with Crippen molar-refractivity contribution in [3.63, 3.8) is 0 Å². The fourth-order valence-electron chi connectivity index (χ4n) is 2.06. The lowest BCUT2D eigenvalue weighted by molar-refractivity contribution is -0.130. The Kier molecular flexibility index (Phi) is 4.19. The highest BCUT2D eigenvalue weighted by molar-refractivity contribution is 9.10. The van der Waals surface area contributed by atoms with Gasteiger partial charge in [0, 0.05) is 33.1 Å². The number of amides is 2. The predicted octanol–water partition coefficient (Wildman–Crippen LogP) is 1.89. The third-order valence-electron chi connectivity index (χ3n) is 3.19. The van der Waals surface area contributed by atoms with Crippen molar-refractivity contribution in [2.45, 2.75) is 6.92 Å². The molecule has 0 spiro atoms. The molecule has 2 rings (SSSR count). The molecule has 0 bridgehead atoms. The Morgan fingerprint density at radius 2 is 1.74 bits per heavy atom. The van der Waals surface area contributed by atoms with Crippen LogP contribution >= 0.6 is 15.9 Å². The number of nitrogens with zero attached hydrogens (tertiary/aromatic N) is 2. The number of benzene rings is 1. The lowest BCUT2D eigenvalue weighted by atomic mass is 10.1. The van der Waals surface area contributed by atoms with Crippen LogP contribution < -0.4 is 0 Å². The van der Waals surface area contributed by atoms with Crippen molar-refractivity contribution >= 4 is 27.7 Å². The van der Waals surface area contributed by atoms with Gasteiger partial charge in [0.1, 0.15) is 5.82 Å². The topological polar surface area (TPSA) is 40.6 Å². The lowest BCUT2D eigenvalue weighted by Gasteiger charge is -2.34. The Hall–Kier alpha value is -1.43. The molecular weight excluding hydrogens is 315 g/mol. The van der Waals surface area contributed by atoms with Gasteiger partial charge in [0.2, 0.25) is 5.91 Å². The van der Waals surface area contributed by atoms with Crippen LogP contribution in [0, 0.1) is 5.82 Å². The number of carbonyl (C=O) groups is 2. The van der Waals surface area contributed by atoms with E-state index in [2.05, 4.69) is 15.9 Å². The molecule has 0 unspecified atom stereocenters. The highest BCUT2D eigenvalue weighted by atomic mass is 79.9. The quantitative estimate of drug-likeness (QED) is 0.790. The van der Waals surface area contributed by atoms with Crippen LogP contribution in [0.15, 0.2) is 22.7 Å². The summed E-state index contributed by atoms with van der Waals surface area (Å²) in [5.41, 5.74) is 0.0608. The van der Waals surface area contributed by atoms with Crippen molar-refractivity contribution in [1.82, 2.24) is 9.80 Å². The third-order valence-corrected chi connectivity index (χ3v) is 3.81. The van der Waals surface area contributed by atoms with Crippen LogP contribution in [0.3, 0.4) is 0 Å². The van der Waals surface area contributed by atoms with E-state index >= 15 is 0 Å². The standard InChI is InChI=1S/C13H14BrFN2O2/c1-9(18)16-5-7-17(8-6-16)13(19)10-3-2-4-11(14)12(10)15/h2-4H,5-8H2,1H3. The van der Waals surface area contributed by atoms with Gasteiger partial charge in [-0.05, 0) is 28.1 Å². The van der Waals surface area contributed by atoms with E-state index in [-0.39, 0.29) is 21.9 Å². The zero-order chi connectivity index (χ0) is 14.0. The van der Waals surface area contributed by atoms with Gasteiger partial charge >= 0.3 is 0 Å². The van der Waals surface area contributed by atoms with Crippen LogP contribution in [-0.4, -0.2) is 47.8 Å². The minimum Gasteiger partial charge on any atom is -0.339 e. The van der Waals surface area contributed by atoms with Gasteiger partial charge in [0.25, 0.3) is 5.91 Å². The second-order valence-electron chi connectivity index (χ2n) is 4.40. The average molecular weight is 329 g/mol. The van der Waals surface area contributed by atoms with E-state index in [0.29, 0.717) is 26.2 Å². The first kappa shape index (κ1) is 14.0. The molecule has 1 aliphatic heterocycles. The van der Waals surface area contributed by atoms with Crippen molar-refractivity contribution in [3.05, 3.63) is 34.1 Å². The van der Waals surface area contributed by atoms with Gasteiger partial charge in [-0.3, -0.25) is 9.59 Å². The molecule has 1 fully saturated rings. The van der Waals surface area contributed by atoms with E-state index in [4.69, 9.17) is 0 Å². The molecule has 1 aliphatic rings. The summed E-state index contributed by atoms with van der Waals surface area (Å²) in [6.45, 7) is 3.37. The molecule has 19 heavy (non-hydrogen) atoms. The maximum Gasteiger partial charge on any atom is 0.256 e. The zero-order valence-electron chi connectivity index (χ0n) is 10.5. The van der Waals surface area contributed by atoms with Crippen LogP contribution in [0.4, 0.5) is 4.39 Å². The summed E-state index contributed by atoms with van der Waals surface area (Å²) in [5, 5.41) is 0. The molecule has 1 aromatic carbocycles. The fourth-order valence-corrected chi connectivity index (χ4v) is 2.43. The van der Waals surface area contributed by atoms with E-state index in [1.807, 2.05) is 0 Å². The maximum atomic E-state index is 13.9. The van der Waals surface area contributed by atoms with Crippen molar-refractivity contribution in [1.29, 1.82) is 0 Å². The lowest BCUT2D eigenvalue weighted by Crippen LogP contribution is -2.50. The van der Waals surface area contributed by atoms with Crippen LogP contribution in [0.1, 0.15) is 17.3 Å². The largest absolute Gasteiger partial charge is 0.339 e. The van der Waals surface area contributed by atoms with Crippen LogP contribution in [0.5, 0.6) is 0 Å². The second kappa shape index (κ2) is 5.69. The number of rotatable bonds is 1. The summed E-state index contributed by atoms with van der Waals surface area (Å²) >= 11 is 3.07. The Morgan fingerprint density at radius 3 is 2.32 bits per heavy atom. The smallest absolute Gasteiger partial charge is 0.256 e. The van der Waals surface area contributed by atoms with E-state index in [9.17, 15) is 14.0 Å². The summed E-state index contributed by atoms with van der Waals surface area (Å²) in [5.74, 6) is -0.871. The molecule has 0 aliphatic carbocycles. The fraction of sp³-hybridized carbons (Fsp3) is 0.385. The molecule has 102 valence electrons. The molecule has 0 N–H and O–H groups in total. The number of halogens is 2. The van der Waals surface area contributed by atoms with E-state index in [1.54, 1.807) is 21.9 Å². The Balaban J connectivity index is 2.09.